The van der Waals surface area contributed by atoms with Crippen LogP contribution in [0.2, 0.25) is 0 Å². The molecular formula is C13H15BrN2OS. The van der Waals surface area contributed by atoms with Gasteiger partial charge in [0.15, 0.2) is 0 Å². The van der Waals surface area contributed by atoms with E-state index in [1.165, 1.54) is 10.4 Å². The van der Waals surface area contributed by atoms with Crippen molar-refractivity contribution in [2.45, 2.75) is 24.6 Å². The lowest BCUT2D eigenvalue weighted by Gasteiger charge is -2.10. The Balaban J connectivity index is 2.13. The number of alkyl halides is 1. The van der Waals surface area contributed by atoms with Gasteiger partial charge in [-0.15, -0.1) is 11.3 Å². The highest BCUT2D eigenvalue weighted by Crippen LogP contribution is 2.33. The summed E-state index contributed by atoms with van der Waals surface area (Å²) in [5, 5.41) is 2.14. The summed E-state index contributed by atoms with van der Waals surface area (Å²) in [6, 6.07) is 4.07. The first-order valence-electron chi connectivity index (χ1n) is 5.79. The fourth-order valence-electron chi connectivity index (χ4n) is 1.79. The Hall–Kier alpha value is -0.940. The van der Waals surface area contributed by atoms with Crippen LogP contribution in [0.25, 0.3) is 0 Å². The third kappa shape index (κ3) is 3.09. The lowest BCUT2D eigenvalue weighted by molar-refractivity contribution is 0.396. The van der Waals surface area contributed by atoms with Crippen LogP contribution < -0.4 is 4.74 Å². The van der Waals surface area contributed by atoms with Crippen LogP contribution in [0.4, 0.5) is 0 Å². The molecule has 18 heavy (non-hydrogen) atoms. The number of rotatable bonds is 5. The summed E-state index contributed by atoms with van der Waals surface area (Å²) in [6.45, 7) is 2.18. The maximum atomic E-state index is 5.11. The van der Waals surface area contributed by atoms with E-state index in [1.807, 2.05) is 6.07 Å². The van der Waals surface area contributed by atoms with E-state index in [1.54, 1.807) is 24.8 Å². The first-order valence-corrected chi connectivity index (χ1v) is 7.59. The predicted octanol–water partition coefficient (Wildman–Crippen LogP) is 3.79. The second-order valence-electron chi connectivity index (χ2n) is 3.89. The fourth-order valence-corrected chi connectivity index (χ4v) is 3.71. The van der Waals surface area contributed by atoms with Crippen molar-refractivity contribution in [3.8, 4) is 5.88 Å². The Morgan fingerprint density at radius 1 is 1.44 bits per heavy atom. The minimum Gasteiger partial charge on any atom is -0.481 e. The molecule has 0 spiro atoms. The summed E-state index contributed by atoms with van der Waals surface area (Å²) in [4.78, 5) is 9.97. The molecule has 5 heteroatoms. The quantitative estimate of drug-likeness (QED) is 0.784. The van der Waals surface area contributed by atoms with Crippen LogP contribution in [0, 0.1) is 0 Å². The molecule has 2 rings (SSSR count). The third-order valence-electron chi connectivity index (χ3n) is 2.74. The Morgan fingerprint density at radius 2 is 2.28 bits per heavy atom. The van der Waals surface area contributed by atoms with Crippen LogP contribution in [0.3, 0.4) is 0 Å². The molecule has 0 saturated carbocycles. The molecule has 0 N–H and O–H groups in total. The summed E-state index contributed by atoms with van der Waals surface area (Å²) >= 11 is 5.54. The van der Waals surface area contributed by atoms with E-state index < -0.39 is 0 Å². The topological polar surface area (TPSA) is 35.0 Å². The third-order valence-corrected chi connectivity index (χ3v) is 4.90. The van der Waals surface area contributed by atoms with Gasteiger partial charge in [-0.1, -0.05) is 22.9 Å². The van der Waals surface area contributed by atoms with E-state index in [0.29, 0.717) is 10.7 Å². The number of thiophene rings is 1. The van der Waals surface area contributed by atoms with Crippen LogP contribution in [0.5, 0.6) is 5.88 Å². The zero-order valence-electron chi connectivity index (χ0n) is 10.4. The van der Waals surface area contributed by atoms with Crippen LogP contribution in [-0.4, -0.2) is 17.1 Å². The molecule has 0 radical (unpaired) electrons. The molecule has 2 heterocycles. The Kier molecular flexibility index (Phi) is 4.72. The smallest absolute Gasteiger partial charge is 0.216 e. The summed E-state index contributed by atoms with van der Waals surface area (Å²) in [5.41, 5.74) is 2.39. The summed E-state index contributed by atoms with van der Waals surface area (Å²) < 4.78 is 5.11. The van der Waals surface area contributed by atoms with Crippen molar-refractivity contribution in [1.29, 1.82) is 0 Å². The van der Waals surface area contributed by atoms with Gasteiger partial charge in [0.1, 0.15) is 6.33 Å². The van der Waals surface area contributed by atoms with E-state index in [0.717, 1.165) is 18.5 Å². The van der Waals surface area contributed by atoms with Gasteiger partial charge in [-0.2, -0.15) is 0 Å². The van der Waals surface area contributed by atoms with Gasteiger partial charge in [-0.05, 0) is 23.4 Å². The second-order valence-corrected chi connectivity index (χ2v) is 5.94. The molecule has 0 fully saturated rings. The first kappa shape index (κ1) is 13.5. The number of halogens is 1. The number of ether oxygens (including phenoxy) is 1. The molecule has 1 unspecified atom stereocenters. The van der Waals surface area contributed by atoms with Crippen LogP contribution >= 0.6 is 27.3 Å². The highest BCUT2D eigenvalue weighted by Gasteiger charge is 2.14. The van der Waals surface area contributed by atoms with Crippen molar-refractivity contribution in [2.24, 2.45) is 0 Å². The number of nitrogens with zero attached hydrogens (tertiary/aromatic N) is 2. The number of hydrogen-bond acceptors (Lipinski definition) is 4. The van der Waals surface area contributed by atoms with E-state index in [9.17, 15) is 0 Å². The van der Waals surface area contributed by atoms with Crippen molar-refractivity contribution < 1.29 is 4.74 Å². The number of hydrogen-bond donors (Lipinski definition) is 0. The zero-order chi connectivity index (χ0) is 13.0. The SMILES string of the molecule is CCc1ccsc1C(Br)Cc1cc(OC)ncn1. The van der Waals surface area contributed by atoms with Crippen LogP contribution in [-0.2, 0) is 12.8 Å². The normalized spacial score (nSPS) is 12.4. The van der Waals surface area contributed by atoms with E-state index in [-0.39, 0.29) is 0 Å². The summed E-state index contributed by atoms with van der Waals surface area (Å²) in [5.74, 6) is 0.613. The van der Waals surface area contributed by atoms with Gasteiger partial charge < -0.3 is 4.74 Å². The molecule has 3 nitrogen and oxygen atoms in total. The van der Waals surface area contributed by atoms with Crippen molar-refractivity contribution in [2.75, 3.05) is 7.11 Å². The van der Waals surface area contributed by atoms with E-state index in [4.69, 9.17) is 4.74 Å². The minimum atomic E-state index is 0.298. The Morgan fingerprint density at radius 3 is 3.00 bits per heavy atom. The number of aryl methyl sites for hydroxylation is 1. The van der Waals surface area contributed by atoms with Gasteiger partial charge in [0, 0.05) is 23.1 Å². The number of methoxy groups -OCH3 is 1. The molecule has 0 bridgehead atoms. The molecule has 96 valence electrons. The maximum Gasteiger partial charge on any atom is 0.216 e. The van der Waals surface area contributed by atoms with E-state index in [2.05, 4.69) is 44.3 Å². The fraction of sp³-hybridized carbons (Fsp3) is 0.385. The van der Waals surface area contributed by atoms with Gasteiger partial charge in [-0.3, -0.25) is 0 Å². The average molecular weight is 327 g/mol. The zero-order valence-corrected chi connectivity index (χ0v) is 12.8. The second kappa shape index (κ2) is 6.29. The molecule has 0 aliphatic rings. The number of aromatic nitrogens is 2. The predicted molar refractivity (Wildman–Crippen MR) is 77.7 cm³/mol. The van der Waals surface area contributed by atoms with Crippen molar-refractivity contribution in [1.82, 2.24) is 9.97 Å². The molecule has 0 amide bonds. The standard InChI is InChI=1S/C13H15BrN2OS/c1-3-9-4-5-18-13(9)11(14)6-10-7-12(17-2)16-8-15-10/h4-5,7-8,11H,3,6H2,1-2H3. The van der Waals surface area contributed by atoms with Gasteiger partial charge >= 0.3 is 0 Å². The van der Waals surface area contributed by atoms with Gasteiger partial charge in [-0.25, -0.2) is 9.97 Å². The molecular weight excluding hydrogens is 312 g/mol. The molecule has 0 aliphatic carbocycles. The van der Waals surface area contributed by atoms with Crippen molar-refractivity contribution in [3.05, 3.63) is 40.0 Å². The van der Waals surface area contributed by atoms with Gasteiger partial charge in [0.2, 0.25) is 5.88 Å². The van der Waals surface area contributed by atoms with Crippen molar-refractivity contribution in [3.63, 3.8) is 0 Å². The van der Waals surface area contributed by atoms with Crippen LogP contribution in [0.15, 0.2) is 23.8 Å². The molecule has 1 atom stereocenters. The first-order chi connectivity index (χ1) is 8.74. The Labute approximate surface area is 119 Å². The van der Waals surface area contributed by atoms with Crippen LogP contribution in [0.1, 0.15) is 27.9 Å². The van der Waals surface area contributed by atoms with E-state index >= 15 is 0 Å². The maximum absolute atomic E-state index is 5.11. The molecule has 0 saturated heterocycles. The molecule has 0 aromatic carbocycles. The Bertz CT molecular complexity index is 515. The lowest BCUT2D eigenvalue weighted by Crippen LogP contribution is -2.00. The molecule has 2 aromatic heterocycles. The van der Waals surface area contributed by atoms with Gasteiger partial charge in [0.05, 0.1) is 11.9 Å². The minimum absolute atomic E-state index is 0.298. The molecule has 2 aromatic rings. The summed E-state index contributed by atoms with van der Waals surface area (Å²) in [7, 11) is 1.62. The lowest BCUT2D eigenvalue weighted by atomic mass is 10.1. The highest BCUT2D eigenvalue weighted by atomic mass is 79.9. The summed E-state index contributed by atoms with van der Waals surface area (Å²) in [6.07, 6.45) is 3.45. The van der Waals surface area contributed by atoms with Crippen molar-refractivity contribution >= 4 is 27.3 Å². The largest absolute Gasteiger partial charge is 0.481 e. The average Bonchev–Trinajstić information content (AvgIpc) is 2.87. The molecule has 0 aliphatic heterocycles. The highest BCUT2D eigenvalue weighted by molar-refractivity contribution is 9.09. The van der Waals surface area contributed by atoms with Gasteiger partial charge in [0.25, 0.3) is 0 Å². The monoisotopic (exact) mass is 326 g/mol.